The lowest BCUT2D eigenvalue weighted by Gasteiger charge is -2.26. The molecule has 5 nitrogen and oxygen atoms in total. The van der Waals surface area contributed by atoms with Gasteiger partial charge in [-0.2, -0.15) is 0 Å². The molecule has 6 heteroatoms. The van der Waals surface area contributed by atoms with E-state index in [0.717, 1.165) is 32.4 Å². The number of carbonyl (C=O) groups is 1. The first-order chi connectivity index (χ1) is 9.42. The third kappa shape index (κ3) is 2.57. The number of thiophene rings is 1. The summed E-state index contributed by atoms with van der Waals surface area (Å²) in [7, 11) is 0. The molecule has 0 aliphatic carbocycles. The normalized spacial score (nSPS) is 17.4. The Balaban J connectivity index is 2.34. The van der Waals surface area contributed by atoms with Gasteiger partial charge in [0.05, 0.1) is 9.80 Å². The quantitative estimate of drug-likeness (QED) is 0.470. The van der Waals surface area contributed by atoms with Gasteiger partial charge < -0.3 is 4.90 Å². The third-order valence-corrected chi connectivity index (χ3v) is 5.75. The predicted octanol–water partition coefficient (Wildman–Crippen LogP) is 3.88. The minimum atomic E-state index is -0.379. The fourth-order valence-corrected chi connectivity index (χ4v) is 3.88. The zero-order valence-electron chi connectivity index (χ0n) is 12.1. The minimum Gasteiger partial charge on any atom is -0.357 e. The number of hydrogen-bond donors (Lipinski definition) is 0. The van der Waals surface area contributed by atoms with Crippen LogP contribution >= 0.6 is 11.3 Å². The minimum absolute atomic E-state index is 0.0724. The van der Waals surface area contributed by atoms with Crippen LogP contribution in [-0.4, -0.2) is 23.8 Å². The van der Waals surface area contributed by atoms with Crippen molar-refractivity contribution < 1.29 is 9.72 Å². The van der Waals surface area contributed by atoms with Crippen molar-refractivity contribution in [2.45, 2.75) is 40.0 Å². The SMILES string of the molecule is CCC1(CC)CCN(c2sc(C(C)=O)cc2[N+](=O)[O-])C1. The van der Waals surface area contributed by atoms with Crippen LogP contribution in [0.25, 0.3) is 0 Å². The molecule has 0 N–H and O–H groups in total. The van der Waals surface area contributed by atoms with Crippen molar-refractivity contribution >= 4 is 27.8 Å². The van der Waals surface area contributed by atoms with Crippen LogP contribution in [0, 0.1) is 15.5 Å². The molecule has 0 bridgehead atoms. The molecule has 0 amide bonds. The van der Waals surface area contributed by atoms with Gasteiger partial charge in [0, 0.05) is 19.2 Å². The summed E-state index contributed by atoms with van der Waals surface area (Å²) < 4.78 is 0. The van der Waals surface area contributed by atoms with Crippen molar-refractivity contribution in [3.63, 3.8) is 0 Å². The summed E-state index contributed by atoms with van der Waals surface area (Å²) in [5.41, 5.74) is 0.331. The summed E-state index contributed by atoms with van der Waals surface area (Å²) in [6.45, 7) is 7.48. The summed E-state index contributed by atoms with van der Waals surface area (Å²) in [5, 5.41) is 11.8. The molecule has 0 spiro atoms. The van der Waals surface area contributed by atoms with E-state index < -0.39 is 0 Å². The Hall–Kier alpha value is -1.43. The van der Waals surface area contributed by atoms with E-state index in [0.29, 0.717) is 9.88 Å². The fourth-order valence-electron chi connectivity index (χ4n) is 2.84. The van der Waals surface area contributed by atoms with Gasteiger partial charge in [0.1, 0.15) is 0 Å². The average Bonchev–Trinajstić information content (AvgIpc) is 3.03. The van der Waals surface area contributed by atoms with Gasteiger partial charge in [-0.15, -0.1) is 11.3 Å². The van der Waals surface area contributed by atoms with Gasteiger partial charge in [-0.3, -0.25) is 14.9 Å². The van der Waals surface area contributed by atoms with Gasteiger partial charge in [-0.25, -0.2) is 0 Å². The molecule has 20 heavy (non-hydrogen) atoms. The number of anilines is 1. The molecule has 1 aromatic rings. The molecule has 2 rings (SSSR count). The summed E-state index contributed by atoms with van der Waals surface area (Å²) >= 11 is 1.25. The lowest BCUT2D eigenvalue weighted by atomic mass is 9.82. The average molecular weight is 296 g/mol. The van der Waals surface area contributed by atoms with Crippen LogP contribution in [0.5, 0.6) is 0 Å². The number of nitro groups is 1. The van der Waals surface area contributed by atoms with Crippen molar-refractivity contribution in [3.05, 3.63) is 21.1 Å². The van der Waals surface area contributed by atoms with Gasteiger partial charge >= 0.3 is 5.69 Å². The van der Waals surface area contributed by atoms with Crippen LogP contribution in [0.4, 0.5) is 10.7 Å². The van der Waals surface area contributed by atoms with Crippen LogP contribution in [0.2, 0.25) is 0 Å². The lowest BCUT2D eigenvalue weighted by molar-refractivity contribution is -0.383. The number of Topliss-reactive ketones (excluding diaryl/α,β-unsaturated/α-hetero) is 1. The van der Waals surface area contributed by atoms with Crippen LogP contribution in [-0.2, 0) is 0 Å². The summed E-state index contributed by atoms with van der Waals surface area (Å²) in [6, 6.07) is 1.42. The number of ketones is 1. The predicted molar refractivity (Wildman–Crippen MR) is 80.8 cm³/mol. The van der Waals surface area contributed by atoms with Crippen LogP contribution < -0.4 is 4.90 Å². The Bertz CT molecular complexity index is 535. The highest BCUT2D eigenvalue weighted by molar-refractivity contribution is 7.18. The van der Waals surface area contributed by atoms with Gasteiger partial charge in [0.15, 0.2) is 10.8 Å². The third-order valence-electron chi connectivity index (χ3n) is 4.46. The smallest absolute Gasteiger partial charge is 0.304 e. The highest BCUT2D eigenvalue weighted by Crippen LogP contribution is 2.45. The largest absolute Gasteiger partial charge is 0.357 e. The molecule has 0 radical (unpaired) electrons. The first-order valence-electron chi connectivity index (χ1n) is 6.96. The summed E-state index contributed by atoms with van der Waals surface area (Å²) in [6.07, 6.45) is 3.22. The topological polar surface area (TPSA) is 63.5 Å². The maximum atomic E-state index is 11.5. The van der Waals surface area contributed by atoms with Crippen molar-refractivity contribution in [2.75, 3.05) is 18.0 Å². The maximum absolute atomic E-state index is 11.5. The number of rotatable bonds is 5. The van der Waals surface area contributed by atoms with E-state index in [4.69, 9.17) is 0 Å². The second-order valence-electron chi connectivity index (χ2n) is 5.49. The van der Waals surface area contributed by atoms with E-state index in [2.05, 4.69) is 18.7 Å². The lowest BCUT2D eigenvalue weighted by Crippen LogP contribution is -2.25. The molecule has 1 saturated heterocycles. The molecule has 1 aliphatic heterocycles. The van der Waals surface area contributed by atoms with Crippen LogP contribution in [0.1, 0.15) is 49.7 Å². The van der Waals surface area contributed by atoms with E-state index in [1.807, 2.05) is 0 Å². The second-order valence-corrected chi connectivity index (χ2v) is 6.52. The molecule has 2 heterocycles. The highest BCUT2D eigenvalue weighted by atomic mass is 32.1. The molecule has 0 aromatic carbocycles. The molecule has 1 fully saturated rings. The molecular weight excluding hydrogens is 276 g/mol. The Kier molecular flexibility index (Phi) is 4.13. The maximum Gasteiger partial charge on any atom is 0.304 e. The molecule has 0 atom stereocenters. The molecule has 1 aromatic heterocycles. The summed E-state index contributed by atoms with van der Waals surface area (Å²) in [4.78, 5) is 24.8. The Morgan fingerprint density at radius 1 is 1.50 bits per heavy atom. The van der Waals surface area contributed by atoms with E-state index in [1.54, 1.807) is 0 Å². The number of carbonyl (C=O) groups excluding carboxylic acids is 1. The van der Waals surface area contributed by atoms with E-state index in [-0.39, 0.29) is 21.8 Å². The molecular formula is C14H20N2O3S. The summed E-state index contributed by atoms with van der Waals surface area (Å²) in [5.74, 6) is -0.110. The Morgan fingerprint density at radius 2 is 2.15 bits per heavy atom. The molecule has 110 valence electrons. The van der Waals surface area contributed by atoms with Crippen molar-refractivity contribution in [1.29, 1.82) is 0 Å². The first kappa shape index (κ1) is 15.0. The van der Waals surface area contributed by atoms with Crippen molar-refractivity contribution in [1.82, 2.24) is 0 Å². The van der Waals surface area contributed by atoms with Gasteiger partial charge in [-0.05, 0) is 31.6 Å². The van der Waals surface area contributed by atoms with Crippen molar-refractivity contribution in [3.8, 4) is 0 Å². The van der Waals surface area contributed by atoms with Gasteiger partial charge in [0.2, 0.25) is 0 Å². The molecule has 0 saturated carbocycles. The van der Waals surface area contributed by atoms with Gasteiger partial charge in [0.25, 0.3) is 0 Å². The standard InChI is InChI=1S/C14H20N2O3S/c1-4-14(5-2)6-7-15(9-14)13-11(16(18)19)8-12(20-13)10(3)17/h8H,4-7,9H2,1-3H3. The second kappa shape index (κ2) is 5.52. The Labute approximate surface area is 122 Å². The molecule has 1 aliphatic rings. The van der Waals surface area contributed by atoms with Gasteiger partial charge in [-0.1, -0.05) is 13.8 Å². The van der Waals surface area contributed by atoms with E-state index in [1.165, 1.54) is 24.3 Å². The monoisotopic (exact) mass is 296 g/mol. The Morgan fingerprint density at radius 3 is 2.60 bits per heavy atom. The highest BCUT2D eigenvalue weighted by Gasteiger charge is 2.38. The zero-order chi connectivity index (χ0) is 14.9. The zero-order valence-corrected chi connectivity index (χ0v) is 13.0. The van der Waals surface area contributed by atoms with E-state index in [9.17, 15) is 14.9 Å². The number of hydrogen-bond acceptors (Lipinski definition) is 5. The number of nitrogens with zero attached hydrogens (tertiary/aromatic N) is 2. The van der Waals surface area contributed by atoms with Crippen molar-refractivity contribution in [2.24, 2.45) is 5.41 Å². The molecule has 0 unspecified atom stereocenters. The van der Waals surface area contributed by atoms with Crippen LogP contribution in [0.3, 0.4) is 0 Å². The van der Waals surface area contributed by atoms with E-state index >= 15 is 0 Å². The first-order valence-corrected chi connectivity index (χ1v) is 7.78. The van der Waals surface area contributed by atoms with Crippen LogP contribution in [0.15, 0.2) is 6.07 Å². The fraction of sp³-hybridized carbons (Fsp3) is 0.643.